The van der Waals surface area contributed by atoms with E-state index in [9.17, 15) is 0 Å². The van der Waals surface area contributed by atoms with E-state index in [4.69, 9.17) is 10.6 Å². The van der Waals surface area contributed by atoms with Crippen molar-refractivity contribution < 1.29 is 4.74 Å². The predicted octanol–water partition coefficient (Wildman–Crippen LogP) is 3.44. The summed E-state index contributed by atoms with van der Waals surface area (Å²) in [4.78, 5) is 0. The van der Waals surface area contributed by atoms with Crippen molar-refractivity contribution in [1.82, 2.24) is 5.43 Å². The summed E-state index contributed by atoms with van der Waals surface area (Å²) in [5.41, 5.74) is 7.07. The molecule has 0 radical (unpaired) electrons. The van der Waals surface area contributed by atoms with Gasteiger partial charge in [0.1, 0.15) is 0 Å². The summed E-state index contributed by atoms with van der Waals surface area (Å²) >= 11 is 0. The number of benzene rings is 1. The van der Waals surface area contributed by atoms with Crippen LogP contribution in [0.5, 0.6) is 0 Å². The van der Waals surface area contributed by atoms with Crippen LogP contribution in [0.25, 0.3) is 0 Å². The average molecular weight is 274 g/mol. The second-order valence-electron chi connectivity index (χ2n) is 6.35. The zero-order valence-corrected chi connectivity index (χ0v) is 12.4. The molecule has 20 heavy (non-hydrogen) atoms. The summed E-state index contributed by atoms with van der Waals surface area (Å²) in [5, 5.41) is 0. The number of hydrogen-bond acceptors (Lipinski definition) is 3. The zero-order chi connectivity index (χ0) is 13.9. The number of rotatable bonds is 4. The Morgan fingerprint density at radius 3 is 2.65 bits per heavy atom. The van der Waals surface area contributed by atoms with Gasteiger partial charge in [-0.05, 0) is 41.4 Å². The zero-order valence-electron chi connectivity index (χ0n) is 12.4. The SMILES string of the molecule is CCC1CCC(C(NN)c2ccc3c(c2)COC3)CC1. The van der Waals surface area contributed by atoms with Crippen LogP contribution in [-0.4, -0.2) is 0 Å². The molecular formula is C17H26N2O. The highest BCUT2D eigenvalue weighted by Gasteiger charge is 2.28. The third-order valence-electron chi connectivity index (χ3n) is 5.22. The van der Waals surface area contributed by atoms with Gasteiger partial charge < -0.3 is 4.74 Å². The molecule has 1 atom stereocenters. The maximum absolute atomic E-state index is 5.87. The van der Waals surface area contributed by atoms with E-state index in [1.807, 2.05) is 0 Å². The fourth-order valence-corrected chi connectivity index (χ4v) is 3.82. The van der Waals surface area contributed by atoms with E-state index in [0.717, 1.165) is 19.1 Å². The lowest BCUT2D eigenvalue weighted by Gasteiger charge is -2.33. The molecule has 1 unspecified atom stereocenters. The first-order valence-electron chi connectivity index (χ1n) is 7.97. The minimum Gasteiger partial charge on any atom is -0.372 e. The van der Waals surface area contributed by atoms with E-state index in [0.29, 0.717) is 12.0 Å². The molecule has 110 valence electrons. The lowest BCUT2D eigenvalue weighted by Crippen LogP contribution is -2.35. The fourth-order valence-electron chi connectivity index (χ4n) is 3.82. The molecule has 3 heteroatoms. The smallest absolute Gasteiger partial charge is 0.0725 e. The van der Waals surface area contributed by atoms with Gasteiger partial charge in [0.05, 0.1) is 13.2 Å². The van der Waals surface area contributed by atoms with Crippen LogP contribution in [0, 0.1) is 11.8 Å². The molecule has 1 aromatic carbocycles. The first-order chi connectivity index (χ1) is 9.81. The van der Waals surface area contributed by atoms with Gasteiger partial charge in [-0.15, -0.1) is 0 Å². The lowest BCUT2D eigenvalue weighted by molar-refractivity contribution is 0.134. The molecule has 0 bridgehead atoms. The van der Waals surface area contributed by atoms with Gasteiger partial charge in [0.25, 0.3) is 0 Å². The van der Waals surface area contributed by atoms with E-state index in [1.165, 1.54) is 48.8 Å². The van der Waals surface area contributed by atoms with Crippen molar-refractivity contribution in [2.75, 3.05) is 0 Å². The second-order valence-corrected chi connectivity index (χ2v) is 6.35. The van der Waals surface area contributed by atoms with Crippen molar-refractivity contribution in [2.24, 2.45) is 17.7 Å². The number of nitrogens with two attached hydrogens (primary N) is 1. The molecule has 3 N–H and O–H groups in total. The maximum atomic E-state index is 5.87. The highest BCUT2D eigenvalue weighted by Crippen LogP contribution is 2.38. The van der Waals surface area contributed by atoms with Crippen molar-refractivity contribution in [2.45, 2.75) is 58.3 Å². The summed E-state index contributed by atoms with van der Waals surface area (Å²) in [7, 11) is 0. The third kappa shape index (κ3) is 2.76. The van der Waals surface area contributed by atoms with Crippen molar-refractivity contribution in [3.8, 4) is 0 Å². The maximum Gasteiger partial charge on any atom is 0.0725 e. The normalized spacial score (nSPS) is 27.3. The topological polar surface area (TPSA) is 47.3 Å². The summed E-state index contributed by atoms with van der Waals surface area (Å²) in [6.07, 6.45) is 6.62. The number of fused-ring (bicyclic) bond motifs is 1. The summed E-state index contributed by atoms with van der Waals surface area (Å²) in [6, 6.07) is 7.02. The lowest BCUT2D eigenvalue weighted by atomic mass is 9.76. The Bertz CT molecular complexity index is 452. The Morgan fingerprint density at radius 1 is 1.20 bits per heavy atom. The van der Waals surface area contributed by atoms with Crippen molar-refractivity contribution >= 4 is 0 Å². The third-order valence-corrected chi connectivity index (χ3v) is 5.22. The van der Waals surface area contributed by atoms with E-state index in [1.54, 1.807) is 0 Å². The molecule has 0 aromatic heterocycles. The number of ether oxygens (including phenoxy) is 1. The molecule has 2 aliphatic rings. The van der Waals surface area contributed by atoms with E-state index < -0.39 is 0 Å². The van der Waals surface area contributed by atoms with Gasteiger partial charge in [-0.25, -0.2) is 0 Å². The molecule has 1 heterocycles. The molecule has 0 saturated heterocycles. The molecule has 1 saturated carbocycles. The Labute approximate surface area is 121 Å². The van der Waals surface area contributed by atoms with Crippen LogP contribution >= 0.6 is 0 Å². The molecular weight excluding hydrogens is 248 g/mol. The molecule has 0 amide bonds. The molecule has 3 nitrogen and oxygen atoms in total. The van der Waals surface area contributed by atoms with Crippen LogP contribution in [-0.2, 0) is 18.0 Å². The number of hydrogen-bond donors (Lipinski definition) is 2. The van der Waals surface area contributed by atoms with Gasteiger partial charge in [0.15, 0.2) is 0 Å². The first-order valence-corrected chi connectivity index (χ1v) is 7.97. The molecule has 0 spiro atoms. The quantitative estimate of drug-likeness (QED) is 0.653. The second kappa shape index (κ2) is 6.25. The van der Waals surface area contributed by atoms with Crippen LogP contribution in [0.15, 0.2) is 18.2 Å². The van der Waals surface area contributed by atoms with Crippen LogP contribution in [0.2, 0.25) is 0 Å². The average Bonchev–Trinajstić information content (AvgIpc) is 2.96. The Morgan fingerprint density at radius 2 is 1.95 bits per heavy atom. The van der Waals surface area contributed by atoms with Crippen LogP contribution in [0.3, 0.4) is 0 Å². The van der Waals surface area contributed by atoms with Gasteiger partial charge in [-0.3, -0.25) is 11.3 Å². The van der Waals surface area contributed by atoms with Crippen molar-refractivity contribution in [3.05, 3.63) is 34.9 Å². The van der Waals surface area contributed by atoms with E-state index >= 15 is 0 Å². The minimum absolute atomic E-state index is 0.290. The Hall–Kier alpha value is -0.900. The highest BCUT2D eigenvalue weighted by atomic mass is 16.5. The Kier molecular flexibility index (Phi) is 4.39. The van der Waals surface area contributed by atoms with Crippen molar-refractivity contribution in [3.63, 3.8) is 0 Å². The number of nitrogens with one attached hydrogen (secondary N) is 1. The minimum atomic E-state index is 0.290. The fraction of sp³-hybridized carbons (Fsp3) is 0.647. The van der Waals surface area contributed by atoms with Crippen molar-refractivity contribution in [1.29, 1.82) is 0 Å². The molecule has 1 aliphatic heterocycles. The monoisotopic (exact) mass is 274 g/mol. The van der Waals surface area contributed by atoms with Crippen LogP contribution < -0.4 is 11.3 Å². The number of hydrazine groups is 1. The first kappa shape index (κ1) is 14.1. The largest absolute Gasteiger partial charge is 0.372 e. The highest BCUT2D eigenvalue weighted by molar-refractivity contribution is 5.34. The standard InChI is InChI=1S/C17H26N2O/c1-2-12-3-5-13(6-4-12)17(19-18)14-7-8-15-10-20-11-16(15)9-14/h7-9,12-13,17,19H,2-6,10-11,18H2,1H3. The van der Waals surface area contributed by atoms with Gasteiger partial charge >= 0.3 is 0 Å². The summed E-state index contributed by atoms with van der Waals surface area (Å²) < 4.78 is 5.51. The molecule has 1 aliphatic carbocycles. The van der Waals surface area contributed by atoms with Crippen LogP contribution in [0.1, 0.15) is 61.8 Å². The van der Waals surface area contributed by atoms with Gasteiger partial charge in [-0.2, -0.15) is 0 Å². The molecule has 3 rings (SSSR count). The van der Waals surface area contributed by atoms with Gasteiger partial charge in [0.2, 0.25) is 0 Å². The van der Waals surface area contributed by atoms with Crippen LogP contribution in [0.4, 0.5) is 0 Å². The summed E-state index contributed by atoms with van der Waals surface area (Å²) in [6.45, 7) is 3.82. The van der Waals surface area contributed by atoms with Gasteiger partial charge in [0, 0.05) is 6.04 Å². The molecule has 1 aromatic rings. The van der Waals surface area contributed by atoms with E-state index in [-0.39, 0.29) is 0 Å². The Balaban J connectivity index is 1.73. The molecule has 1 fully saturated rings. The summed E-state index contributed by atoms with van der Waals surface area (Å²) in [5.74, 6) is 7.47. The predicted molar refractivity (Wildman–Crippen MR) is 80.7 cm³/mol. The van der Waals surface area contributed by atoms with E-state index in [2.05, 4.69) is 30.5 Å². The van der Waals surface area contributed by atoms with Gasteiger partial charge in [-0.1, -0.05) is 44.4 Å².